The Labute approximate surface area is 187 Å². The highest BCUT2D eigenvalue weighted by Crippen LogP contribution is 2.19. The summed E-state index contributed by atoms with van der Waals surface area (Å²) in [6.07, 6.45) is 12.5. The minimum atomic E-state index is -0.923. The number of aliphatic hydroxyl groups excluding tert-OH is 2. The number of hydrogen-bond acceptors (Lipinski definition) is 4. The fourth-order valence-corrected chi connectivity index (χ4v) is 3.32. The van der Waals surface area contributed by atoms with Crippen molar-refractivity contribution in [3.05, 3.63) is 69.9 Å². The van der Waals surface area contributed by atoms with Crippen LogP contribution in [0.1, 0.15) is 73.6 Å². The first-order valence-corrected chi connectivity index (χ1v) is 11.0. The fraction of sp³-hybridized carbons (Fsp3) is 0.481. The molecule has 4 nitrogen and oxygen atoms in total. The van der Waals surface area contributed by atoms with Crippen LogP contribution in [0.25, 0.3) is 0 Å². The third kappa shape index (κ3) is 10.0. The van der Waals surface area contributed by atoms with Crippen molar-refractivity contribution in [2.45, 2.75) is 85.9 Å². The molecular formula is C27H38O4. The molecule has 0 fully saturated rings. The molecule has 0 aliphatic heterocycles. The van der Waals surface area contributed by atoms with Gasteiger partial charge in [-0.1, -0.05) is 41.0 Å². The van der Waals surface area contributed by atoms with Crippen molar-refractivity contribution in [3.8, 4) is 0 Å². The standard InChI is InChI=1S/C27H38O4/c1-18(2)9-7-11-20(4)15-25(29)27(31)21(5)12-8-10-19(3)13-14-23-17-24(28)16-22(6)26(23)30/h9,12-13,15-17,25,27,29,31H,7-8,10-11,14H2,1-6H3/b19-13+,20-15+,21-12+/t25-,27-/m1/s1. The van der Waals surface area contributed by atoms with Crippen LogP contribution < -0.4 is 0 Å². The molecular weight excluding hydrogens is 388 g/mol. The van der Waals surface area contributed by atoms with Gasteiger partial charge in [0.15, 0.2) is 11.6 Å². The third-order valence-electron chi connectivity index (χ3n) is 5.34. The van der Waals surface area contributed by atoms with Crippen molar-refractivity contribution in [1.29, 1.82) is 0 Å². The predicted octanol–water partition coefficient (Wildman–Crippen LogP) is 5.49. The molecule has 2 atom stereocenters. The quantitative estimate of drug-likeness (QED) is 0.338. The second-order valence-corrected chi connectivity index (χ2v) is 8.74. The molecule has 4 heteroatoms. The third-order valence-corrected chi connectivity index (χ3v) is 5.34. The Hall–Kier alpha value is -2.30. The molecule has 0 radical (unpaired) electrons. The number of carbonyl (C=O) groups is 2. The van der Waals surface area contributed by atoms with E-state index in [-0.39, 0.29) is 11.6 Å². The number of carbonyl (C=O) groups excluding carboxylic acids is 2. The Kier molecular flexibility index (Phi) is 11.4. The molecule has 1 rings (SSSR count). The lowest BCUT2D eigenvalue weighted by atomic mass is 9.94. The van der Waals surface area contributed by atoms with Crippen LogP contribution in [0.5, 0.6) is 0 Å². The molecule has 0 heterocycles. The van der Waals surface area contributed by atoms with E-state index in [9.17, 15) is 19.8 Å². The Bertz CT molecular complexity index is 842. The van der Waals surface area contributed by atoms with Gasteiger partial charge in [-0.2, -0.15) is 0 Å². The second-order valence-electron chi connectivity index (χ2n) is 8.74. The molecule has 2 N–H and O–H groups in total. The molecule has 0 aromatic rings. The molecule has 170 valence electrons. The van der Waals surface area contributed by atoms with E-state index in [4.69, 9.17) is 0 Å². The van der Waals surface area contributed by atoms with E-state index in [1.165, 1.54) is 17.7 Å². The van der Waals surface area contributed by atoms with Crippen LogP contribution >= 0.6 is 0 Å². The van der Waals surface area contributed by atoms with Crippen LogP contribution in [0.15, 0.2) is 69.9 Å². The van der Waals surface area contributed by atoms with Crippen molar-refractivity contribution >= 4 is 11.6 Å². The molecule has 1 aliphatic carbocycles. The monoisotopic (exact) mass is 426 g/mol. The number of Topliss-reactive ketones (excluding diaryl/α,β-unsaturated/α-hetero) is 1. The van der Waals surface area contributed by atoms with Crippen LogP contribution in [-0.2, 0) is 9.59 Å². The van der Waals surface area contributed by atoms with E-state index in [0.29, 0.717) is 17.6 Å². The summed E-state index contributed by atoms with van der Waals surface area (Å²) in [4.78, 5) is 23.7. The van der Waals surface area contributed by atoms with Gasteiger partial charge in [0, 0.05) is 11.1 Å². The Morgan fingerprint density at radius 2 is 1.52 bits per heavy atom. The summed E-state index contributed by atoms with van der Waals surface area (Å²) < 4.78 is 0. The van der Waals surface area contributed by atoms with E-state index in [2.05, 4.69) is 19.9 Å². The number of aliphatic hydroxyl groups is 2. The van der Waals surface area contributed by atoms with Gasteiger partial charge < -0.3 is 10.2 Å². The molecule has 0 amide bonds. The van der Waals surface area contributed by atoms with Crippen molar-refractivity contribution in [2.24, 2.45) is 0 Å². The van der Waals surface area contributed by atoms with Gasteiger partial charge in [0.2, 0.25) is 0 Å². The first-order chi connectivity index (χ1) is 14.5. The summed E-state index contributed by atoms with van der Waals surface area (Å²) in [5.41, 5.74) is 5.21. The molecule has 1 aliphatic rings. The van der Waals surface area contributed by atoms with Crippen LogP contribution in [0.2, 0.25) is 0 Å². The number of allylic oxidation sites excluding steroid dienone is 10. The first kappa shape index (κ1) is 26.7. The van der Waals surface area contributed by atoms with Crippen molar-refractivity contribution in [3.63, 3.8) is 0 Å². The minimum Gasteiger partial charge on any atom is -0.386 e. The zero-order valence-corrected chi connectivity index (χ0v) is 19.9. The summed E-state index contributed by atoms with van der Waals surface area (Å²) in [6.45, 7) is 11.6. The number of hydrogen-bond donors (Lipinski definition) is 2. The molecule has 31 heavy (non-hydrogen) atoms. The van der Waals surface area contributed by atoms with Gasteiger partial charge >= 0.3 is 0 Å². The molecule has 0 bridgehead atoms. The van der Waals surface area contributed by atoms with E-state index >= 15 is 0 Å². The van der Waals surface area contributed by atoms with Crippen molar-refractivity contribution in [2.75, 3.05) is 0 Å². The highest BCUT2D eigenvalue weighted by molar-refractivity contribution is 6.20. The SMILES string of the molecule is CC(C)=CCC/C(C)=C/[C@@H](O)[C@H](O)/C(C)=C/CC/C(C)=C/CC1=CC(=O)C=C(C)C1=O. The maximum absolute atomic E-state index is 12.1. The van der Waals surface area contributed by atoms with Gasteiger partial charge in [0.05, 0.1) is 0 Å². The summed E-state index contributed by atoms with van der Waals surface area (Å²) in [7, 11) is 0. The summed E-state index contributed by atoms with van der Waals surface area (Å²) in [5.74, 6) is -0.203. The second kappa shape index (κ2) is 13.2. The zero-order chi connectivity index (χ0) is 23.6. The topological polar surface area (TPSA) is 74.6 Å². The van der Waals surface area contributed by atoms with Gasteiger partial charge in [-0.05, 0) is 91.4 Å². The average molecular weight is 427 g/mol. The van der Waals surface area contributed by atoms with Crippen LogP contribution in [0.4, 0.5) is 0 Å². The lowest BCUT2D eigenvalue weighted by Crippen LogP contribution is -2.25. The van der Waals surface area contributed by atoms with E-state index in [1.54, 1.807) is 13.0 Å². The molecule has 0 aromatic heterocycles. The highest BCUT2D eigenvalue weighted by Gasteiger charge is 2.17. The lowest BCUT2D eigenvalue weighted by Gasteiger charge is -2.17. The Balaban J connectivity index is 2.55. The lowest BCUT2D eigenvalue weighted by molar-refractivity contribution is -0.115. The van der Waals surface area contributed by atoms with Crippen LogP contribution in [-0.4, -0.2) is 34.0 Å². The van der Waals surface area contributed by atoms with Crippen molar-refractivity contribution in [1.82, 2.24) is 0 Å². The molecule has 0 saturated carbocycles. The summed E-state index contributed by atoms with van der Waals surface area (Å²) in [6, 6.07) is 0. The van der Waals surface area contributed by atoms with Crippen molar-refractivity contribution < 1.29 is 19.8 Å². The van der Waals surface area contributed by atoms with E-state index in [1.807, 2.05) is 32.9 Å². The van der Waals surface area contributed by atoms with E-state index in [0.717, 1.165) is 42.4 Å². The summed E-state index contributed by atoms with van der Waals surface area (Å²) >= 11 is 0. The minimum absolute atomic E-state index is 0.0688. The molecule has 0 saturated heterocycles. The fourth-order valence-electron chi connectivity index (χ4n) is 3.32. The van der Waals surface area contributed by atoms with Crippen LogP contribution in [0, 0.1) is 0 Å². The Morgan fingerprint density at radius 1 is 0.903 bits per heavy atom. The normalized spacial score (nSPS) is 17.9. The zero-order valence-electron chi connectivity index (χ0n) is 19.9. The largest absolute Gasteiger partial charge is 0.386 e. The first-order valence-electron chi connectivity index (χ1n) is 11.0. The summed E-state index contributed by atoms with van der Waals surface area (Å²) in [5, 5.41) is 20.7. The highest BCUT2D eigenvalue weighted by atomic mass is 16.3. The smallest absolute Gasteiger partial charge is 0.185 e. The number of ketones is 2. The van der Waals surface area contributed by atoms with Gasteiger partial charge in [-0.15, -0.1) is 0 Å². The number of rotatable bonds is 11. The van der Waals surface area contributed by atoms with Gasteiger partial charge in [0.25, 0.3) is 0 Å². The Morgan fingerprint density at radius 3 is 2.16 bits per heavy atom. The molecule has 0 unspecified atom stereocenters. The van der Waals surface area contributed by atoms with Gasteiger partial charge in [0.1, 0.15) is 12.2 Å². The van der Waals surface area contributed by atoms with Gasteiger partial charge in [-0.25, -0.2) is 0 Å². The van der Waals surface area contributed by atoms with Gasteiger partial charge in [-0.3, -0.25) is 9.59 Å². The van der Waals surface area contributed by atoms with E-state index < -0.39 is 12.2 Å². The molecule has 0 aromatic carbocycles. The maximum atomic E-state index is 12.1. The predicted molar refractivity (Wildman–Crippen MR) is 128 cm³/mol. The average Bonchev–Trinajstić information content (AvgIpc) is 2.68. The molecule has 0 spiro atoms. The maximum Gasteiger partial charge on any atom is 0.185 e. The van der Waals surface area contributed by atoms with Crippen LogP contribution in [0.3, 0.4) is 0 Å².